The van der Waals surface area contributed by atoms with Crippen LogP contribution >= 0.6 is 0 Å². The molecule has 1 amide bonds. The van der Waals surface area contributed by atoms with E-state index in [0.29, 0.717) is 12.5 Å². The summed E-state index contributed by atoms with van der Waals surface area (Å²) in [6, 6.07) is 9.98. The lowest BCUT2D eigenvalue weighted by Crippen LogP contribution is -3.14. The second kappa shape index (κ2) is 8.95. The Labute approximate surface area is 116 Å². The number of halogens is 1. The third-order valence-electron chi connectivity index (χ3n) is 3.15. The molecule has 0 fully saturated rings. The van der Waals surface area contributed by atoms with Gasteiger partial charge in [-0.15, -0.1) is 0 Å². The number of hydrogen-bond donors (Lipinski definition) is 2. The van der Waals surface area contributed by atoms with Gasteiger partial charge < -0.3 is 22.6 Å². The highest BCUT2D eigenvalue weighted by molar-refractivity contribution is 5.90. The molecular weight excluding hydrogens is 248 g/mol. The maximum absolute atomic E-state index is 11.8. The van der Waals surface area contributed by atoms with Crippen molar-refractivity contribution in [2.24, 2.45) is 0 Å². The smallest absolute Gasteiger partial charge is 0.230 e. The van der Waals surface area contributed by atoms with E-state index in [2.05, 4.69) is 26.1 Å². The number of quaternary nitrogens is 1. The Kier molecular flexibility index (Phi) is 8.42. The number of carbonyl (C=O) groups excluding carboxylic acids is 1. The minimum absolute atomic E-state index is 0. The van der Waals surface area contributed by atoms with Crippen LogP contribution in [0.1, 0.15) is 27.2 Å². The molecule has 1 atom stereocenters. The maximum atomic E-state index is 11.8. The van der Waals surface area contributed by atoms with Crippen molar-refractivity contribution < 1.29 is 22.1 Å². The second-order valence-electron chi connectivity index (χ2n) is 4.38. The van der Waals surface area contributed by atoms with Gasteiger partial charge in [-0.05, 0) is 32.9 Å². The lowest BCUT2D eigenvalue weighted by Gasteiger charge is -2.22. The van der Waals surface area contributed by atoms with Crippen molar-refractivity contribution in [3.8, 4) is 0 Å². The second-order valence-corrected chi connectivity index (χ2v) is 4.38. The summed E-state index contributed by atoms with van der Waals surface area (Å²) in [6.45, 7) is 8.58. The zero-order valence-corrected chi connectivity index (χ0v) is 12.1. The summed E-state index contributed by atoms with van der Waals surface area (Å²) in [5.74, 6) is 0.100. The summed E-state index contributed by atoms with van der Waals surface area (Å²) in [5, 5.41) is 2.92. The van der Waals surface area contributed by atoms with Crippen LogP contribution in [0.2, 0.25) is 0 Å². The van der Waals surface area contributed by atoms with Gasteiger partial charge >= 0.3 is 0 Å². The minimum Gasteiger partial charge on any atom is -1.00 e. The molecule has 0 aliphatic heterocycles. The van der Waals surface area contributed by atoms with E-state index in [4.69, 9.17) is 0 Å². The molecule has 0 bridgehead atoms. The lowest BCUT2D eigenvalue weighted by molar-refractivity contribution is -0.919. The first-order valence-corrected chi connectivity index (χ1v) is 6.36. The molecule has 102 valence electrons. The first kappa shape index (κ1) is 16.9. The Morgan fingerprint density at radius 3 is 2.28 bits per heavy atom. The van der Waals surface area contributed by atoms with E-state index in [0.717, 1.165) is 18.8 Å². The maximum Gasteiger partial charge on any atom is 0.230 e. The van der Waals surface area contributed by atoms with Gasteiger partial charge in [0.1, 0.15) is 0 Å². The molecule has 0 aliphatic rings. The monoisotopic (exact) mass is 270 g/mol. The minimum atomic E-state index is 0. The zero-order valence-electron chi connectivity index (χ0n) is 11.4. The van der Waals surface area contributed by atoms with E-state index < -0.39 is 0 Å². The van der Waals surface area contributed by atoms with Crippen LogP contribution in [-0.2, 0) is 4.79 Å². The fourth-order valence-corrected chi connectivity index (χ4v) is 2.10. The number of benzene rings is 1. The number of amides is 1. The summed E-state index contributed by atoms with van der Waals surface area (Å²) in [6.07, 6.45) is 0.575. The number of hydrogen-bond acceptors (Lipinski definition) is 1. The molecule has 4 heteroatoms. The predicted octanol–water partition coefficient (Wildman–Crippen LogP) is -1.67. The fourth-order valence-electron chi connectivity index (χ4n) is 2.10. The SMILES string of the molecule is CC[NH+](CC)C(C)CC(=O)Nc1ccccc1.[Cl-]. The molecule has 1 aromatic rings. The van der Waals surface area contributed by atoms with Gasteiger partial charge in [-0.2, -0.15) is 0 Å². The van der Waals surface area contributed by atoms with E-state index in [1.807, 2.05) is 30.3 Å². The van der Waals surface area contributed by atoms with Crippen molar-refractivity contribution in [1.82, 2.24) is 0 Å². The quantitative estimate of drug-likeness (QED) is 0.637. The summed E-state index contributed by atoms with van der Waals surface area (Å²) in [5.41, 5.74) is 0.874. The summed E-state index contributed by atoms with van der Waals surface area (Å²) in [4.78, 5) is 13.3. The van der Waals surface area contributed by atoms with Gasteiger partial charge in [-0.3, -0.25) is 4.79 Å². The van der Waals surface area contributed by atoms with Crippen LogP contribution in [-0.4, -0.2) is 25.0 Å². The van der Waals surface area contributed by atoms with Crippen molar-refractivity contribution in [3.05, 3.63) is 30.3 Å². The molecular formula is C14H23ClN2O. The molecule has 2 N–H and O–H groups in total. The molecule has 0 saturated heterocycles. The number of para-hydroxylation sites is 1. The van der Waals surface area contributed by atoms with E-state index in [-0.39, 0.29) is 18.3 Å². The highest BCUT2D eigenvalue weighted by atomic mass is 35.5. The van der Waals surface area contributed by atoms with E-state index in [1.165, 1.54) is 4.90 Å². The number of carbonyl (C=O) groups is 1. The average molecular weight is 271 g/mol. The van der Waals surface area contributed by atoms with E-state index >= 15 is 0 Å². The van der Waals surface area contributed by atoms with Gasteiger partial charge in [0, 0.05) is 5.69 Å². The van der Waals surface area contributed by atoms with Crippen molar-refractivity contribution >= 4 is 11.6 Å². The molecule has 1 unspecified atom stereocenters. The molecule has 1 aromatic carbocycles. The molecule has 3 nitrogen and oxygen atoms in total. The van der Waals surface area contributed by atoms with Crippen LogP contribution in [0.25, 0.3) is 0 Å². The standard InChI is InChI=1S/C14H22N2O.ClH/c1-4-16(5-2)12(3)11-14(17)15-13-9-7-6-8-10-13;/h6-10,12H,4-5,11H2,1-3H3,(H,15,17);1H. The van der Waals surface area contributed by atoms with Crippen molar-refractivity contribution in [2.75, 3.05) is 18.4 Å². The Balaban J connectivity index is 0.00000289. The topological polar surface area (TPSA) is 33.5 Å². The van der Waals surface area contributed by atoms with Gasteiger partial charge in [0.25, 0.3) is 0 Å². The van der Waals surface area contributed by atoms with Gasteiger partial charge in [0.05, 0.1) is 25.6 Å². The van der Waals surface area contributed by atoms with Crippen LogP contribution in [0.3, 0.4) is 0 Å². The Hall–Kier alpha value is -1.06. The van der Waals surface area contributed by atoms with Gasteiger partial charge in [-0.1, -0.05) is 18.2 Å². The lowest BCUT2D eigenvalue weighted by atomic mass is 10.2. The Morgan fingerprint density at radius 2 is 1.78 bits per heavy atom. The highest BCUT2D eigenvalue weighted by Crippen LogP contribution is 2.05. The van der Waals surface area contributed by atoms with Crippen LogP contribution in [0.5, 0.6) is 0 Å². The number of nitrogens with one attached hydrogen (secondary N) is 2. The van der Waals surface area contributed by atoms with Gasteiger partial charge in [-0.25, -0.2) is 0 Å². The third-order valence-corrected chi connectivity index (χ3v) is 3.15. The number of anilines is 1. The van der Waals surface area contributed by atoms with Gasteiger partial charge in [0.2, 0.25) is 5.91 Å². The first-order chi connectivity index (χ1) is 8.17. The van der Waals surface area contributed by atoms with Gasteiger partial charge in [0.15, 0.2) is 0 Å². The molecule has 0 spiro atoms. The Bertz CT molecular complexity index is 339. The largest absolute Gasteiger partial charge is 1.00 e. The van der Waals surface area contributed by atoms with E-state index in [9.17, 15) is 4.79 Å². The summed E-state index contributed by atoms with van der Waals surface area (Å²) in [7, 11) is 0. The Morgan fingerprint density at radius 1 is 1.22 bits per heavy atom. The number of rotatable bonds is 6. The summed E-state index contributed by atoms with van der Waals surface area (Å²) < 4.78 is 0. The molecule has 0 aromatic heterocycles. The van der Waals surface area contributed by atoms with Crippen molar-refractivity contribution in [2.45, 2.75) is 33.2 Å². The van der Waals surface area contributed by atoms with Crippen LogP contribution < -0.4 is 22.6 Å². The third kappa shape index (κ3) is 5.52. The van der Waals surface area contributed by atoms with Crippen LogP contribution in [0.4, 0.5) is 5.69 Å². The molecule has 18 heavy (non-hydrogen) atoms. The molecule has 0 aliphatic carbocycles. The van der Waals surface area contributed by atoms with E-state index in [1.54, 1.807) is 0 Å². The highest BCUT2D eigenvalue weighted by Gasteiger charge is 2.17. The van der Waals surface area contributed by atoms with Crippen molar-refractivity contribution in [1.29, 1.82) is 0 Å². The molecule has 0 saturated carbocycles. The fraction of sp³-hybridized carbons (Fsp3) is 0.500. The van der Waals surface area contributed by atoms with Crippen LogP contribution in [0.15, 0.2) is 30.3 Å². The zero-order chi connectivity index (χ0) is 12.7. The average Bonchev–Trinajstić information content (AvgIpc) is 2.31. The normalized spacial score (nSPS) is 11.8. The molecule has 1 rings (SSSR count). The first-order valence-electron chi connectivity index (χ1n) is 6.36. The molecule has 0 heterocycles. The summed E-state index contributed by atoms with van der Waals surface area (Å²) >= 11 is 0. The van der Waals surface area contributed by atoms with Crippen molar-refractivity contribution in [3.63, 3.8) is 0 Å². The predicted molar refractivity (Wildman–Crippen MR) is 71.2 cm³/mol. The molecule has 0 radical (unpaired) electrons. The van der Waals surface area contributed by atoms with Crippen LogP contribution in [0, 0.1) is 0 Å².